The number of ether oxygens (including phenoxy) is 2. The third-order valence-corrected chi connectivity index (χ3v) is 3.94. The van der Waals surface area contributed by atoms with E-state index in [-0.39, 0.29) is 0 Å². The number of halogens is 1. The Bertz CT molecular complexity index is 395. The van der Waals surface area contributed by atoms with Crippen LogP contribution < -0.4 is 5.73 Å². The van der Waals surface area contributed by atoms with Crippen molar-refractivity contribution < 1.29 is 9.47 Å². The number of hydrogen-bond donors (Lipinski definition) is 1. The van der Waals surface area contributed by atoms with Crippen molar-refractivity contribution in [1.82, 2.24) is 9.97 Å². The van der Waals surface area contributed by atoms with Crippen LogP contribution >= 0.6 is 22.6 Å². The first-order chi connectivity index (χ1) is 8.20. The van der Waals surface area contributed by atoms with E-state index in [1.54, 1.807) is 7.11 Å². The van der Waals surface area contributed by atoms with Crippen molar-refractivity contribution in [2.75, 3.05) is 26.1 Å². The van der Waals surface area contributed by atoms with E-state index < -0.39 is 0 Å². The zero-order valence-corrected chi connectivity index (χ0v) is 11.9. The second-order valence-electron chi connectivity index (χ2n) is 4.15. The Morgan fingerprint density at radius 1 is 1.53 bits per heavy atom. The van der Waals surface area contributed by atoms with E-state index in [1.165, 1.54) is 0 Å². The third-order valence-electron chi connectivity index (χ3n) is 2.77. The van der Waals surface area contributed by atoms with Gasteiger partial charge < -0.3 is 15.2 Å². The third kappa shape index (κ3) is 3.26. The second-order valence-corrected chi connectivity index (χ2v) is 5.23. The van der Waals surface area contributed by atoms with Crippen LogP contribution in [0.15, 0.2) is 0 Å². The molecular formula is C11H16IN3O2. The monoisotopic (exact) mass is 349 g/mol. The highest BCUT2D eigenvalue weighted by molar-refractivity contribution is 14.1. The first kappa shape index (κ1) is 13.0. The summed E-state index contributed by atoms with van der Waals surface area (Å²) in [5.74, 6) is 1.86. The molecule has 0 amide bonds. The molecule has 0 aromatic carbocycles. The van der Waals surface area contributed by atoms with Gasteiger partial charge in [0.15, 0.2) is 0 Å². The molecule has 1 unspecified atom stereocenters. The summed E-state index contributed by atoms with van der Waals surface area (Å²) in [4.78, 5) is 8.83. The lowest BCUT2D eigenvalue weighted by atomic mass is 10.0. The molecule has 1 aromatic heterocycles. The van der Waals surface area contributed by atoms with Crippen LogP contribution in [-0.4, -0.2) is 30.3 Å². The van der Waals surface area contributed by atoms with Gasteiger partial charge in [-0.2, -0.15) is 0 Å². The molecule has 1 aliphatic heterocycles. The van der Waals surface area contributed by atoms with Gasteiger partial charge in [-0.05, 0) is 34.9 Å². The van der Waals surface area contributed by atoms with E-state index in [9.17, 15) is 0 Å². The Hall–Kier alpha value is -0.470. The number of nitrogens with two attached hydrogens (primary N) is 1. The highest BCUT2D eigenvalue weighted by Crippen LogP contribution is 2.21. The summed E-state index contributed by atoms with van der Waals surface area (Å²) >= 11 is 2.15. The highest BCUT2D eigenvalue weighted by Gasteiger charge is 2.19. The summed E-state index contributed by atoms with van der Waals surface area (Å²) in [6.45, 7) is 2.11. The van der Waals surface area contributed by atoms with Gasteiger partial charge in [0.05, 0.1) is 15.9 Å². The van der Waals surface area contributed by atoms with Gasteiger partial charge in [-0.15, -0.1) is 0 Å². The Morgan fingerprint density at radius 2 is 2.35 bits per heavy atom. The van der Waals surface area contributed by atoms with Gasteiger partial charge in [0.25, 0.3) is 0 Å². The predicted molar refractivity (Wildman–Crippen MR) is 72.5 cm³/mol. The fraction of sp³-hybridized carbons (Fsp3) is 0.636. The molecule has 0 aliphatic carbocycles. The van der Waals surface area contributed by atoms with Gasteiger partial charge in [0, 0.05) is 26.7 Å². The molecule has 94 valence electrons. The van der Waals surface area contributed by atoms with Crippen LogP contribution in [0.4, 0.5) is 5.82 Å². The molecule has 17 heavy (non-hydrogen) atoms. The van der Waals surface area contributed by atoms with Gasteiger partial charge in [0.2, 0.25) is 0 Å². The molecule has 0 spiro atoms. The second kappa shape index (κ2) is 5.92. The van der Waals surface area contributed by atoms with Gasteiger partial charge in [-0.1, -0.05) is 0 Å². The smallest absolute Gasteiger partial charge is 0.140 e. The topological polar surface area (TPSA) is 70.3 Å². The van der Waals surface area contributed by atoms with Crippen LogP contribution in [-0.2, 0) is 22.5 Å². The van der Waals surface area contributed by atoms with Crippen molar-refractivity contribution in [3.8, 4) is 0 Å². The van der Waals surface area contributed by atoms with Crippen molar-refractivity contribution >= 4 is 28.4 Å². The average molecular weight is 349 g/mol. The maximum atomic E-state index is 5.88. The lowest BCUT2D eigenvalue weighted by Crippen LogP contribution is -2.12. The summed E-state index contributed by atoms with van der Waals surface area (Å²) in [5, 5.41) is 0. The molecule has 0 saturated carbocycles. The Kier molecular flexibility index (Phi) is 4.52. The minimum atomic E-state index is 0.471. The van der Waals surface area contributed by atoms with Crippen LogP contribution in [0.5, 0.6) is 0 Å². The van der Waals surface area contributed by atoms with E-state index in [2.05, 4.69) is 32.6 Å². The molecule has 5 nitrogen and oxygen atoms in total. The summed E-state index contributed by atoms with van der Waals surface area (Å²) in [5.41, 5.74) is 6.75. The zero-order chi connectivity index (χ0) is 12.3. The molecule has 2 heterocycles. The molecule has 1 aromatic rings. The molecule has 1 atom stereocenters. The number of nitrogens with zero attached hydrogens (tertiary/aromatic N) is 2. The number of methoxy groups -OCH3 is 1. The maximum Gasteiger partial charge on any atom is 0.140 e. The van der Waals surface area contributed by atoms with E-state index in [4.69, 9.17) is 15.2 Å². The molecule has 1 saturated heterocycles. The number of rotatable bonds is 4. The van der Waals surface area contributed by atoms with Crippen molar-refractivity contribution in [3.05, 3.63) is 15.1 Å². The van der Waals surface area contributed by atoms with E-state index in [1.807, 2.05) is 0 Å². The summed E-state index contributed by atoms with van der Waals surface area (Å²) in [6, 6.07) is 0. The molecule has 2 rings (SSSR count). The lowest BCUT2D eigenvalue weighted by Gasteiger charge is -2.10. The zero-order valence-electron chi connectivity index (χ0n) is 9.78. The standard InChI is InChI=1S/C11H16IN3O2/c1-16-6-8-10(12)11(13)15-9(14-8)4-7-2-3-17-5-7/h7H,2-6H2,1H3,(H2,13,14,15). The average Bonchev–Trinajstić information content (AvgIpc) is 2.78. The maximum absolute atomic E-state index is 5.88. The SMILES string of the molecule is COCc1nc(CC2CCOC2)nc(N)c1I. The molecule has 2 N–H and O–H groups in total. The van der Waals surface area contributed by atoms with Crippen LogP contribution in [0.2, 0.25) is 0 Å². The van der Waals surface area contributed by atoms with Gasteiger partial charge in [0.1, 0.15) is 11.6 Å². The van der Waals surface area contributed by atoms with Crippen molar-refractivity contribution in [3.63, 3.8) is 0 Å². The van der Waals surface area contributed by atoms with Crippen LogP contribution in [0.25, 0.3) is 0 Å². The summed E-state index contributed by atoms with van der Waals surface area (Å²) in [7, 11) is 1.65. The largest absolute Gasteiger partial charge is 0.383 e. The minimum absolute atomic E-state index is 0.471. The van der Waals surface area contributed by atoms with Crippen LogP contribution in [0, 0.1) is 9.49 Å². The van der Waals surface area contributed by atoms with Crippen LogP contribution in [0.1, 0.15) is 17.9 Å². The highest BCUT2D eigenvalue weighted by atomic mass is 127. The molecule has 1 fully saturated rings. The fourth-order valence-electron chi connectivity index (χ4n) is 1.89. The first-order valence-corrected chi connectivity index (χ1v) is 6.66. The first-order valence-electron chi connectivity index (χ1n) is 5.58. The van der Waals surface area contributed by atoms with Crippen molar-refractivity contribution in [2.45, 2.75) is 19.4 Å². The molecule has 0 bridgehead atoms. The van der Waals surface area contributed by atoms with Gasteiger partial charge >= 0.3 is 0 Å². The number of hydrogen-bond acceptors (Lipinski definition) is 5. The van der Waals surface area contributed by atoms with E-state index in [0.717, 1.165) is 41.1 Å². The Balaban J connectivity index is 2.16. The lowest BCUT2D eigenvalue weighted by molar-refractivity contribution is 0.179. The number of nitrogen functional groups attached to an aromatic ring is 1. The Labute approximate surface area is 114 Å². The van der Waals surface area contributed by atoms with Gasteiger partial charge in [-0.25, -0.2) is 9.97 Å². The summed E-state index contributed by atoms with van der Waals surface area (Å²) in [6.07, 6.45) is 1.91. The Morgan fingerprint density at radius 3 is 3.00 bits per heavy atom. The quantitative estimate of drug-likeness (QED) is 0.832. The molecule has 1 aliphatic rings. The predicted octanol–water partition coefficient (Wildman–Crippen LogP) is 1.39. The van der Waals surface area contributed by atoms with Gasteiger partial charge in [-0.3, -0.25) is 0 Å². The summed E-state index contributed by atoms with van der Waals surface area (Å²) < 4.78 is 11.3. The van der Waals surface area contributed by atoms with E-state index >= 15 is 0 Å². The van der Waals surface area contributed by atoms with Crippen molar-refractivity contribution in [1.29, 1.82) is 0 Å². The van der Waals surface area contributed by atoms with Crippen molar-refractivity contribution in [2.24, 2.45) is 5.92 Å². The molecule has 0 radical (unpaired) electrons. The van der Waals surface area contributed by atoms with E-state index in [0.29, 0.717) is 18.3 Å². The molecular weight excluding hydrogens is 333 g/mol. The van der Waals surface area contributed by atoms with Crippen LogP contribution in [0.3, 0.4) is 0 Å². The number of anilines is 1. The fourth-order valence-corrected chi connectivity index (χ4v) is 2.29. The number of aromatic nitrogens is 2. The normalized spacial score (nSPS) is 19.8. The minimum Gasteiger partial charge on any atom is -0.383 e. The molecule has 6 heteroatoms.